The Labute approximate surface area is 82.1 Å². The van der Waals surface area contributed by atoms with Gasteiger partial charge in [0, 0.05) is 11.4 Å². The number of hydrogen-bond acceptors (Lipinski definition) is 2. The average molecular weight is 202 g/mol. The lowest BCUT2D eigenvalue weighted by molar-refractivity contribution is 0.0920. The number of nitrogens with one attached hydrogen (secondary N) is 1. The summed E-state index contributed by atoms with van der Waals surface area (Å²) in [6.07, 6.45) is 2.86. The first-order valence-corrected chi connectivity index (χ1v) is 4.49. The highest BCUT2D eigenvalue weighted by Crippen LogP contribution is 2.07. The minimum Gasteiger partial charge on any atom is -0.472 e. The van der Waals surface area contributed by atoms with E-state index in [1.54, 1.807) is 6.07 Å². The Morgan fingerprint density at radius 3 is 2.85 bits per heavy atom. The average Bonchev–Trinajstić information content (AvgIpc) is 2.55. The number of carbonyl (C=O) groups excluding carboxylic acids is 1. The fourth-order valence-electron chi connectivity index (χ4n) is 0.807. The molecular formula is C9H12ClNO2. The van der Waals surface area contributed by atoms with Crippen LogP contribution in [0.2, 0.25) is 0 Å². The first-order chi connectivity index (χ1) is 6.05. The molecular weight excluding hydrogens is 190 g/mol. The Hall–Kier alpha value is -0.960. The van der Waals surface area contributed by atoms with Gasteiger partial charge in [-0.25, -0.2) is 0 Å². The largest absolute Gasteiger partial charge is 0.472 e. The molecule has 0 radical (unpaired) electrons. The van der Waals surface area contributed by atoms with Gasteiger partial charge < -0.3 is 9.73 Å². The second-order valence-corrected chi connectivity index (χ2v) is 3.75. The van der Waals surface area contributed by atoms with Gasteiger partial charge in [0.2, 0.25) is 0 Å². The highest BCUT2D eigenvalue weighted by molar-refractivity contribution is 6.18. The Balaban J connectivity index is 2.61. The van der Waals surface area contributed by atoms with Crippen LogP contribution in [0.3, 0.4) is 0 Å². The van der Waals surface area contributed by atoms with Gasteiger partial charge in [0.25, 0.3) is 5.91 Å². The van der Waals surface area contributed by atoms with Crippen LogP contribution in [-0.4, -0.2) is 17.3 Å². The number of amides is 1. The van der Waals surface area contributed by atoms with Crippen LogP contribution >= 0.6 is 11.6 Å². The highest BCUT2D eigenvalue weighted by atomic mass is 35.5. The summed E-state index contributed by atoms with van der Waals surface area (Å²) in [6, 6.07) is 1.61. The molecule has 0 spiro atoms. The monoisotopic (exact) mass is 201 g/mol. The predicted octanol–water partition coefficient (Wildman–Crippen LogP) is 2.03. The minimum absolute atomic E-state index is 0.167. The van der Waals surface area contributed by atoms with E-state index >= 15 is 0 Å². The highest BCUT2D eigenvalue weighted by Gasteiger charge is 2.20. The smallest absolute Gasteiger partial charge is 0.254 e. The van der Waals surface area contributed by atoms with Crippen molar-refractivity contribution in [1.82, 2.24) is 5.32 Å². The summed E-state index contributed by atoms with van der Waals surface area (Å²) in [5, 5.41) is 2.78. The van der Waals surface area contributed by atoms with Crippen molar-refractivity contribution >= 4 is 17.5 Å². The first kappa shape index (κ1) is 10.1. The summed E-state index contributed by atoms with van der Waals surface area (Å²) in [5.74, 6) is 0.204. The van der Waals surface area contributed by atoms with E-state index in [2.05, 4.69) is 5.32 Å². The van der Waals surface area contributed by atoms with Crippen LogP contribution in [0.15, 0.2) is 23.0 Å². The predicted molar refractivity (Wildman–Crippen MR) is 51.0 cm³/mol. The second kappa shape index (κ2) is 3.83. The quantitative estimate of drug-likeness (QED) is 0.761. The third kappa shape index (κ3) is 2.77. The van der Waals surface area contributed by atoms with Crippen LogP contribution in [0, 0.1) is 0 Å². The number of rotatable bonds is 3. The number of hydrogen-bond donors (Lipinski definition) is 1. The number of alkyl halides is 1. The Morgan fingerprint density at radius 2 is 2.38 bits per heavy atom. The maximum absolute atomic E-state index is 11.5. The Kier molecular flexibility index (Phi) is 2.98. The lowest BCUT2D eigenvalue weighted by Gasteiger charge is -2.22. The van der Waals surface area contributed by atoms with Crippen molar-refractivity contribution in [3.05, 3.63) is 24.2 Å². The molecule has 1 heterocycles. The molecule has 0 saturated carbocycles. The lowest BCUT2D eigenvalue weighted by atomic mass is 10.1. The van der Waals surface area contributed by atoms with Gasteiger partial charge >= 0.3 is 0 Å². The summed E-state index contributed by atoms with van der Waals surface area (Å²) in [6.45, 7) is 3.72. The van der Waals surface area contributed by atoms with E-state index < -0.39 is 5.54 Å². The van der Waals surface area contributed by atoms with Crippen molar-refractivity contribution in [3.8, 4) is 0 Å². The molecule has 0 aliphatic heterocycles. The molecule has 1 aromatic heterocycles. The van der Waals surface area contributed by atoms with Gasteiger partial charge in [-0.05, 0) is 19.9 Å². The third-order valence-electron chi connectivity index (χ3n) is 1.57. The summed E-state index contributed by atoms with van der Waals surface area (Å²) in [4.78, 5) is 11.5. The Morgan fingerprint density at radius 1 is 1.69 bits per heavy atom. The fraction of sp³-hybridized carbons (Fsp3) is 0.444. The molecule has 3 nitrogen and oxygen atoms in total. The number of halogens is 1. The van der Waals surface area contributed by atoms with Gasteiger partial charge in [-0.1, -0.05) is 0 Å². The molecule has 0 bridgehead atoms. The molecule has 13 heavy (non-hydrogen) atoms. The van der Waals surface area contributed by atoms with Crippen molar-refractivity contribution < 1.29 is 9.21 Å². The van der Waals surface area contributed by atoms with Gasteiger partial charge in [-0.2, -0.15) is 0 Å². The van der Waals surface area contributed by atoms with Gasteiger partial charge in [-0.15, -0.1) is 11.6 Å². The van der Waals surface area contributed by atoms with E-state index in [4.69, 9.17) is 16.0 Å². The molecule has 0 aromatic carbocycles. The van der Waals surface area contributed by atoms with Crippen LogP contribution in [0.25, 0.3) is 0 Å². The van der Waals surface area contributed by atoms with E-state index in [1.807, 2.05) is 13.8 Å². The number of furan rings is 1. The lowest BCUT2D eigenvalue weighted by Crippen LogP contribution is -2.44. The zero-order valence-corrected chi connectivity index (χ0v) is 8.39. The van der Waals surface area contributed by atoms with Crippen LogP contribution in [0.4, 0.5) is 0 Å². The van der Waals surface area contributed by atoms with Crippen molar-refractivity contribution in [2.24, 2.45) is 0 Å². The van der Waals surface area contributed by atoms with Gasteiger partial charge in [0.05, 0.1) is 11.8 Å². The molecule has 1 rings (SSSR count). The minimum atomic E-state index is -0.393. The number of carbonyl (C=O) groups is 1. The van der Waals surface area contributed by atoms with E-state index in [9.17, 15) is 4.79 Å². The molecule has 0 aliphatic rings. The van der Waals surface area contributed by atoms with E-state index in [1.165, 1.54) is 12.5 Å². The summed E-state index contributed by atoms with van der Waals surface area (Å²) in [7, 11) is 0. The van der Waals surface area contributed by atoms with Crippen LogP contribution in [-0.2, 0) is 0 Å². The molecule has 0 aliphatic carbocycles. The zero-order valence-electron chi connectivity index (χ0n) is 7.63. The third-order valence-corrected chi connectivity index (χ3v) is 2.24. The van der Waals surface area contributed by atoms with Crippen LogP contribution < -0.4 is 5.32 Å². The standard InChI is InChI=1S/C9H12ClNO2/c1-9(2,6-10)11-8(12)7-3-4-13-5-7/h3-5H,6H2,1-2H3,(H,11,12). The van der Waals surface area contributed by atoms with Crippen molar-refractivity contribution in [1.29, 1.82) is 0 Å². The molecule has 1 N–H and O–H groups in total. The normalized spacial score (nSPS) is 11.3. The Bertz CT molecular complexity index is 280. The molecule has 0 unspecified atom stereocenters. The van der Waals surface area contributed by atoms with Crippen molar-refractivity contribution in [2.75, 3.05) is 5.88 Å². The van der Waals surface area contributed by atoms with Gasteiger partial charge in [-0.3, -0.25) is 4.79 Å². The topological polar surface area (TPSA) is 42.2 Å². The molecule has 0 saturated heterocycles. The van der Waals surface area contributed by atoms with Crippen LogP contribution in [0.5, 0.6) is 0 Å². The molecule has 1 amide bonds. The maximum Gasteiger partial charge on any atom is 0.254 e. The summed E-state index contributed by atoms with van der Waals surface area (Å²) >= 11 is 5.66. The first-order valence-electron chi connectivity index (χ1n) is 3.96. The summed E-state index contributed by atoms with van der Waals surface area (Å²) in [5.41, 5.74) is 0.119. The van der Waals surface area contributed by atoms with Gasteiger partial charge in [0.15, 0.2) is 0 Å². The molecule has 72 valence electrons. The second-order valence-electron chi connectivity index (χ2n) is 3.48. The fourth-order valence-corrected chi connectivity index (χ4v) is 0.873. The molecule has 1 aromatic rings. The van der Waals surface area contributed by atoms with E-state index in [0.29, 0.717) is 11.4 Å². The van der Waals surface area contributed by atoms with Crippen molar-refractivity contribution in [2.45, 2.75) is 19.4 Å². The van der Waals surface area contributed by atoms with Crippen molar-refractivity contribution in [3.63, 3.8) is 0 Å². The molecule has 0 atom stereocenters. The van der Waals surface area contributed by atoms with Crippen LogP contribution in [0.1, 0.15) is 24.2 Å². The van der Waals surface area contributed by atoms with Gasteiger partial charge in [0.1, 0.15) is 6.26 Å². The SMILES string of the molecule is CC(C)(CCl)NC(=O)c1ccoc1. The molecule has 0 fully saturated rings. The maximum atomic E-state index is 11.5. The summed E-state index contributed by atoms with van der Waals surface area (Å²) < 4.78 is 4.79. The molecule has 4 heteroatoms. The van der Waals surface area contributed by atoms with E-state index in [-0.39, 0.29) is 5.91 Å². The van der Waals surface area contributed by atoms with E-state index in [0.717, 1.165) is 0 Å². The zero-order chi connectivity index (χ0) is 9.90.